The van der Waals surface area contributed by atoms with Crippen LogP contribution in [0.1, 0.15) is 31.8 Å². The minimum Gasteiger partial charge on any atom is -0.465 e. The fraction of sp³-hybridized carbons (Fsp3) is 0.0968. The van der Waals surface area contributed by atoms with Gasteiger partial charge in [-0.1, -0.05) is 18.2 Å². The quantitative estimate of drug-likeness (QED) is 0.0734. The van der Waals surface area contributed by atoms with Crippen LogP contribution in [-0.4, -0.2) is 36.5 Å². The first kappa shape index (κ1) is 26.1. The van der Waals surface area contributed by atoms with E-state index in [0.29, 0.717) is 46.5 Å². The Morgan fingerprint density at radius 1 is 1.02 bits per heavy atom. The normalized spacial score (nSPS) is 10.7. The van der Waals surface area contributed by atoms with Crippen molar-refractivity contribution in [2.45, 2.75) is 6.42 Å². The minimum absolute atomic E-state index is 0.235. The molecule has 0 radical (unpaired) electrons. The number of nitrogens with one attached hydrogen (secondary N) is 1. The molecule has 9 nitrogen and oxygen atoms in total. The van der Waals surface area contributed by atoms with Crippen LogP contribution in [0.4, 0.5) is 5.69 Å². The van der Waals surface area contributed by atoms with E-state index in [4.69, 9.17) is 25.8 Å². The molecule has 0 saturated heterocycles. The van der Waals surface area contributed by atoms with E-state index in [1.807, 2.05) is 36.4 Å². The third kappa shape index (κ3) is 5.22. The number of nitrogens with two attached hydrogens (primary N) is 2. The standard InChI is InChI=1S/C31H25N5O4/c1-39-31(38)26-14-20(30(37)35-13-12-18-2-4-19(5-3-18)17-36-34)6-9-23(26)29-24-10-7-21(32)15-27(24)40-28-16-22(33)8-11-25(28)29/h2-11,14-17,32H,12-13,33H2,1H3,(H,35,37)/p+1. The summed E-state index contributed by atoms with van der Waals surface area (Å²) in [5.41, 5.74) is 20.1. The number of amides is 1. The SMILES string of the molecule is COC(=O)c1cc(C(=O)NCCc2ccc(C=[N+]=[N-])cc2)ccc1-c1c2ccc(=[NH2+])cc-2oc2cc(N)ccc12. The smallest absolute Gasteiger partial charge is 0.338 e. The first-order valence-electron chi connectivity index (χ1n) is 12.5. The highest BCUT2D eigenvalue weighted by atomic mass is 16.5. The Kier molecular flexibility index (Phi) is 7.22. The predicted molar refractivity (Wildman–Crippen MR) is 150 cm³/mol. The van der Waals surface area contributed by atoms with Gasteiger partial charge in [-0.25, -0.2) is 4.79 Å². The number of nitrogen functional groups attached to an aromatic ring is 1. The van der Waals surface area contributed by atoms with Crippen molar-refractivity contribution in [3.8, 4) is 22.5 Å². The molecule has 1 amide bonds. The Hall–Kier alpha value is -5.53. The van der Waals surface area contributed by atoms with Gasteiger partial charge in [-0.15, -0.1) is 0 Å². The molecule has 0 bridgehead atoms. The summed E-state index contributed by atoms with van der Waals surface area (Å²) in [6.07, 6.45) is 1.94. The molecule has 0 fully saturated rings. The summed E-state index contributed by atoms with van der Waals surface area (Å²) in [6, 6.07) is 23.0. The van der Waals surface area contributed by atoms with Crippen molar-refractivity contribution in [2.24, 2.45) is 0 Å². The maximum absolute atomic E-state index is 13.0. The summed E-state index contributed by atoms with van der Waals surface area (Å²) in [4.78, 5) is 29.0. The van der Waals surface area contributed by atoms with E-state index in [1.165, 1.54) is 19.4 Å². The number of rotatable bonds is 7. The molecule has 1 heterocycles. The van der Waals surface area contributed by atoms with Crippen LogP contribution in [0.15, 0.2) is 83.3 Å². The second kappa shape index (κ2) is 11.1. The Morgan fingerprint density at radius 2 is 1.80 bits per heavy atom. The Bertz CT molecular complexity index is 1840. The van der Waals surface area contributed by atoms with Crippen molar-refractivity contribution >= 4 is 34.7 Å². The number of esters is 1. The van der Waals surface area contributed by atoms with E-state index in [0.717, 1.165) is 27.6 Å². The molecule has 0 spiro atoms. The fourth-order valence-corrected chi connectivity index (χ4v) is 4.66. The lowest BCUT2D eigenvalue weighted by Crippen LogP contribution is -2.44. The Morgan fingerprint density at radius 3 is 2.55 bits per heavy atom. The average molecular weight is 533 g/mol. The van der Waals surface area contributed by atoms with Gasteiger partial charge in [0.15, 0.2) is 5.36 Å². The van der Waals surface area contributed by atoms with E-state index in [2.05, 4.69) is 10.1 Å². The summed E-state index contributed by atoms with van der Waals surface area (Å²) in [5, 5.41) is 10.2. The molecule has 9 heteroatoms. The van der Waals surface area contributed by atoms with Gasteiger partial charge in [0.2, 0.25) is 0 Å². The number of carbonyl (C=O) groups excluding carboxylic acids is 2. The van der Waals surface area contributed by atoms with Crippen LogP contribution in [0.25, 0.3) is 39.0 Å². The molecule has 40 heavy (non-hydrogen) atoms. The average Bonchev–Trinajstić information content (AvgIpc) is 2.96. The van der Waals surface area contributed by atoms with Crippen LogP contribution in [0, 0.1) is 0 Å². The van der Waals surface area contributed by atoms with Crippen LogP contribution in [0.2, 0.25) is 0 Å². The third-order valence-electron chi connectivity index (χ3n) is 6.61. The second-order valence-corrected chi connectivity index (χ2v) is 9.23. The molecule has 198 valence electrons. The van der Waals surface area contributed by atoms with Gasteiger partial charge in [-0.2, -0.15) is 4.79 Å². The first-order valence-corrected chi connectivity index (χ1v) is 12.5. The molecule has 3 aromatic rings. The highest BCUT2D eigenvalue weighted by molar-refractivity contribution is 6.09. The Labute approximate surface area is 229 Å². The van der Waals surface area contributed by atoms with Crippen molar-refractivity contribution in [1.29, 1.82) is 0 Å². The van der Waals surface area contributed by atoms with Gasteiger partial charge in [0.25, 0.3) is 12.1 Å². The number of ether oxygens (including phenoxy) is 1. The molecule has 5 N–H and O–H groups in total. The molecule has 0 unspecified atom stereocenters. The van der Waals surface area contributed by atoms with Gasteiger partial charge >= 0.3 is 5.97 Å². The van der Waals surface area contributed by atoms with Gasteiger partial charge in [0.1, 0.15) is 11.3 Å². The van der Waals surface area contributed by atoms with Crippen LogP contribution in [0.3, 0.4) is 0 Å². The molecule has 3 aromatic carbocycles. The molecule has 0 atom stereocenters. The summed E-state index contributed by atoms with van der Waals surface area (Å²) < 4.78 is 11.2. The highest BCUT2D eigenvalue weighted by Gasteiger charge is 2.23. The maximum atomic E-state index is 13.0. The fourth-order valence-electron chi connectivity index (χ4n) is 4.66. The number of fused-ring (bicyclic) bond motifs is 2. The zero-order valence-electron chi connectivity index (χ0n) is 21.7. The topological polar surface area (TPSA) is 157 Å². The van der Waals surface area contributed by atoms with Crippen LogP contribution < -0.4 is 21.8 Å². The van der Waals surface area contributed by atoms with Gasteiger partial charge in [0, 0.05) is 46.4 Å². The maximum Gasteiger partial charge on any atom is 0.338 e. The van der Waals surface area contributed by atoms with Crippen LogP contribution in [-0.2, 0) is 11.2 Å². The van der Waals surface area contributed by atoms with Gasteiger partial charge < -0.3 is 25.7 Å². The monoisotopic (exact) mass is 532 g/mol. The van der Waals surface area contributed by atoms with Crippen LogP contribution >= 0.6 is 0 Å². The number of nitrogens with zero attached hydrogens (tertiary/aromatic N) is 2. The number of methoxy groups -OCH3 is 1. The summed E-state index contributed by atoms with van der Waals surface area (Å²) in [5.74, 6) is -0.370. The highest BCUT2D eigenvalue weighted by Crippen LogP contribution is 2.41. The van der Waals surface area contributed by atoms with Gasteiger partial charge in [-0.3, -0.25) is 10.2 Å². The summed E-state index contributed by atoms with van der Waals surface area (Å²) in [7, 11) is 1.30. The molecule has 1 aliphatic heterocycles. The summed E-state index contributed by atoms with van der Waals surface area (Å²) >= 11 is 0. The van der Waals surface area contributed by atoms with Gasteiger partial charge in [-0.05, 0) is 60.0 Å². The largest absolute Gasteiger partial charge is 0.465 e. The lowest BCUT2D eigenvalue weighted by atomic mass is 9.89. The van der Waals surface area contributed by atoms with Crippen molar-refractivity contribution in [3.63, 3.8) is 0 Å². The predicted octanol–water partition coefficient (Wildman–Crippen LogP) is 2.85. The molecular formula is C31H26N5O4+. The lowest BCUT2D eigenvalue weighted by molar-refractivity contribution is -0.172. The molecule has 0 saturated carbocycles. The molecule has 0 aromatic heterocycles. The second-order valence-electron chi connectivity index (χ2n) is 9.23. The number of anilines is 1. The van der Waals surface area contributed by atoms with Crippen molar-refractivity contribution < 1.29 is 28.9 Å². The van der Waals surface area contributed by atoms with E-state index < -0.39 is 5.97 Å². The Balaban J connectivity index is 1.50. The minimum atomic E-state index is -0.579. The van der Waals surface area contributed by atoms with Gasteiger partial charge in [0.05, 0.1) is 24.3 Å². The number of carbonyl (C=O) groups is 2. The zero-order chi connectivity index (χ0) is 28.2. The van der Waals surface area contributed by atoms with Crippen molar-refractivity contribution in [2.75, 3.05) is 19.4 Å². The molecule has 5 rings (SSSR count). The third-order valence-corrected chi connectivity index (χ3v) is 6.61. The number of hydrogen-bond donors (Lipinski definition) is 3. The van der Waals surface area contributed by atoms with Crippen LogP contribution in [0.5, 0.6) is 0 Å². The summed E-state index contributed by atoms with van der Waals surface area (Å²) in [6.45, 7) is 0.389. The van der Waals surface area contributed by atoms with E-state index in [1.54, 1.807) is 36.4 Å². The molecule has 1 aliphatic carbocycles. The number of hydrogen-bond acceptors (Lipinski definition) is 5. The van der Waals surface area contributed by atoms with E-state index in [-0.39, 0.29) is 11.5 Å². The number of benzene rings is 4. The van der Waals surface area contributed by atoms with Crippen molar-refractivity contribution in [1.82, 2.24) is 5.32 Å². The first-order chi connectivity index (χ1) is 19.4. The van der Waals surface area contributed by atoms with E-state index in [9.17, 15) is 9.59 Å². The van der Waals surface area contributed by atoms with E-state index >= 15 is 0 Å². The molecule has 2 aliphatic rings. The van der Waals surface area contributed by atoms with Crippen molar-refractivity contribution in [3.05, 3.63) is 112 Å². The molecular weight excluding hydrogens is 506 g/mol. The lowest BCUT2D eigenvalue weighted by Gasteiger charge is -2.18. The zero-order valence-corrected chi connectivity index (χ0v) is 21.7.